The van der Waals surface area contributed by atoms with Gasteiger partial charge in [-0.25, -0.2) is 0 Å². The van der Waals surface area contributed by atoms with Crippen molar-refractivity contribution in [3.05, 3.63) is 301 Å². The fourth-order valence-corrected chi connectivity index (χ4v) is 12.5. The van der Waals surface area contributed by atoms with Crippen molar-refractivity contribution in [2.45, 2.75) is 5.41 Å². The minimum Gasteiger partial charge on any atom is -0.456 e. The predicted octanol–water partition coefficient (Wildman–Crippen LogP) is 19.4. The van der Waals surface area contributed by atoms with Gasteiger partial charge in [0.1, 0.15) is 11.2 Å². The number of furan rings is 1. The van der Waals surface area contributed by atoms with Gasteiger partial charge >= 0.3 is 0 Å². The van der Waals surface area contributed by atoms with Crippen LogP contribution in [0.15, 0.2) is 283 Å². The standard InChI is InChI=1S/C71H46N2O/c1-4-19-47(20-5-1)48-35-38-52(39-36-48)72(51-24-8-3-9-25-51)53-40-43-59-57-27-12-15-30-62(57)71(64(59)45-53)63-31-16-13-28-58(63)60-44-41-54(46-65(60)71)73(66-32-18-34-68-69(66)61-29-14-17-33-67(61)74-68)70-55-26-11-10-23-50(55)37-42-56(70)49-21-6-2-7-22-49/h1-46H. The molecule has 74 heavy (non-hydrogen) atoms. The summed E-state index contributed by atoms with van der Waals surface area (Å²) in [7, 11) is 0. The van der Waals surface area contributed by atoms with Gasteiger partial charge in [-0.1, -0.05) is 212 Å². The molecule has 1 spiro atoms. The number of fused-ring (bicyclic) bond motifs is 14. The Labute approximate surface area is 430 Å². The van der Waals surface area contributed by atoms with E-state index in [2.05, 4.69) is 289 Å². The second-order valence-electron chi connectivity index (χ2n) is 19.5. The van der Waals surface area contributed by atoms with Crippen molar-refractivity contribution in [3.63, 3.8) is 0 Å². The Morgan fingerprint density at radius 2 is 0.770 bits per heavy atom. The van der Waals surface area contributed by atoms with E-state index in [1.165, 1.54) is 61.0 Å². The fraction of sp³-hybridized carbons (Fsp3) is 0.0141. The normalized spacial score (nSPS) is 14.0. The van der Waals surface area contributed by atoms with Crippen LogP contribution in [0.5, 0.6) is 0 Å². The molecule has 0 radical (unpaired) electrons. The average molecular weight is 943 g/mol. The van der Waals surface area contributed by atoms with Gasteiger partial charge in [0.15, 0.2) is 0 Å². The van der Waals surface area contributed by atoms with Gasteiger partial charge in [-0.15, -0.1) is 0 Å². The monoisotopic (exact) mass is 942 g/mol. The number of para-hydroxylation sites is 2. The van der Waals surface area contributed by atoms with Crippen LogP contribution in [0.1, 0.15) is 22.3 Å². The molecule has 346 valence electrons. The first-order chi connectivity index (χ1) is 36.7. The molecule has 0 amide bonds. The first kappa shape index (κ1) is 42.0. The summed E-state index contributed by atoms with van der Waals surface area (Å²) < 4.78 is 6.68. The summed E-state index contributed by atoms with van der Waals surface area (Å²) in [6, 6.07) is 102. The maximum atomic E-state index is 6.68. The van der Waals surface area contributed by atoms with Crippen molar-refractivity contribution in [3.8, 4) is 44.5 Å². The molecule has 1 atom stereocenters. The van der Waals surface area contributed by atoms with Crippen molar-refractivity contribution >= 4 is 66.8 Å². The average Bonchev–Trinajstić information content (AvgIpc) is 4.11. The van der Waals surface area contributed by atoms with Gasteiger partial charge in [0, 0.05) is 39.1 Å². The van der Waals surface area contributed by atoms with Crippen molar-refractivity contribution in [2.24, 2.45) is 0 Å². The molecule has 0 N–H and O–H groups in total. The van der Waals surface area contributed by atoms with Gasteiger partial charge in [0.25, 0.3) is 0 Å². The maximum Gasteiger partial charge on any atom is 0.137 e. The van der Waals surface area contributed by atoms with Gasteiger partial charge in [0.05, 0.1) is 22.2 Å². The minimum atomic E-state index is -0.648. The first-order valence-electron chi connectivity index (χ1n) is 25.5. The number of hydrogen-bond acceptors (Lipinski definition) is 3. The molecule has 1 aromatic heterocycles. The molecule has 2 aliphatic carbocycles. The molecule has 13 aromatic rings. The summed E-state index contributed by atoms with van der Waals surface area (Å²) in [5, 5.41) is 4.49. The third kappa shape index (κ3) is 6.27. The highest BCUT2D eigenvalue weighted by Gasteiger charge is 2.52. The van der Waals surface area contributed by atoms with E-state index in [4.69, 9.17) is 4.42 Å². The zero-order valence-electron chi connectivity index (χ0n) is 40.4. The molecule has 3 heteroatoms. The van der Waals surface area contributed by atoms with Gasteiger partial charge < -0.3 is 14.2 Å². The molecule has 2 aliphatic rings. The summed E-state index contributed by atoms with van der Waals surface area (Å²) in [4.78, 5) is 4.94. The van der Waals surface area contributed by atoms with E-state index in [0.29, 0.717) is 0 Å². The van der Waals surface area contributed by atoms with E-state index < -0.39 is 5.41 Å². The SMILES string of the molecule is c1ccc(-c2ccc(N(c3ccccc3)c3ccc4c(c3)C3(c5ccccc5-4)c4ccccc4-c4ccc(N(c5c(-c6ccccc6)ccc6ccccc56)c5cccc6oc7ccccc7c56)cc43)cc2)cc1. The van der Waals surface area contributed by atoms with Crippen LogP contribution in [0.4, 0.5) is 34.1 Å². The molecular formula is C71H46N2O. The van der Waals surface area contributed by atoms with Crippen LogP contribution in [-0.2, 0) is 5.41 Å². The van der Waals surface area contributed by atoms with Crippen LogP contribution in [0.3, 0.4) is 0 Å². The van der Waals surface area contributed by atoms with Gasteiger partial charge in [-0.3, -0.25) is 0 Å². The zero-order chi connectivity index (χ0) is 48.7. The summed E-state index contributed by atoms with van der Waals surface area (Å²) in [6.07, 6.45) is 0. The molecule has 3 nitrogen and oxygen atoms in total. The second-order valence-corrected chi connectivity index (χ2v) is 19.5. The van der Waals surface area contributed by atoms with Crippen molar-refractivity contribution in [1.82, 2.24) is 0 Å². The Kier molecular flexibility index (Phi) is 9.48. The lowest BCUT2D eigenvalue weighted by Gasteiger charge is -2.34. The number of nitrogens with zero attached hydrogens (tertiary/aromatic N) is 2. The van der Waals surface area contributed by atoms with E-state index >= 15 is 0 Å². The summed E-state index contributed by atoms with van der Waals surface area (Å²) in [5.74, 6) is 0. The van der Waals surface area contributed by atoms with Crippen LogP contribution in [-0.4, -0.2) is 0 Å². The molecule has 15 rings (SSSR count). The number of benzene rings is 12. The summed E-state index contributed by atoms with van der Waals surface area (Å²) in [5.41, 5.74) is 22.4. The number of hydrogen-bond donors (Lipinski definition) is 0. The van der Waals surface area contributed by atoms with E-state index in [-0.39, 0.29) is 0 Å². The number of anilines is 6. The highest BCUT2D eigenvalue weighted by atomic mass is 16.3. The topological polar surface area (TPSA) is 19.6 Å². The lowest BCUT2D eigenvalue weighted by atomic mass is 9.70. The van der Waals surface area contributed by atoms with E-state index in [1.807, 2.05) is 0 Å². The smallest absolute Gasteiger partial charge is 0.137 e. The first-order valence-corrected chi connectivity index (χ1v) is 25.5. The van der Waals surface area contributed by atoms with Gasteiger partial charge in [-0.05, 0) is 133 Å². The van der Waals surface area contributed by atoms with Crippen molar-refractivity contribution in [2.75, 3.05) is 9.80 Å². The maximum absolute atomic E-state index is 6.68. The molecule has 0 bridgehead atoms. The molecule has 0 fully saturated rings. The van der Waals surface area contributed by atoms with Crippen LogP contribution in [0.25, 0.3) is 77.2 Å². The van der Waals surface area contributed by atoms with E-state index in [0.717, 1.165) is 72.6 Å². The largest absolute Gasteiger partial charge is 0.456 e. The number of rotatable bonds is 8. The van der Waals surface area contributed by atoms with Crippen LogP contribution in [0, 0.1) is 0 Å². The fourth-order valence-electron chi connectivity index (χ4n) is 12.5. The highest BCUT2D eigenvalue weighted by molar-refractivity contribution is 6.16. The minimum absolute atomic E-state index is 0.648. The predicted molar refractivity (Wildman–Crippen MR) is 308 cm³/mol. The molecule has 0 saturated heterocycles. The van der Waals surface area contributed by atoms with Crippen molar-refractivity contribution < 1.29 is 4.42 Å². The van der Waals surface area contributed by atoms with Gasteiger partial charge in [-0.2, -0.15) is 0 Å². The Bertz CT molecular complexity index is 4300. The Balaban J connectivity index is 1.01. The van der Waals surface area contributed by atoms with E-state index in [1.54, 1.807) is 0 Å². The zero-order valence-corrected chi connectivity index (χ0v) is 40.4. The van der Waals surface area contributed by atoms with Crippen LogP contribution >= 0.6 is 0 Å². The molecule has 1 unspecified atom stereocenters. The lowest BCUT2D eigenvalue weighted by Crippen LogP contribution is -2.26. The lowest BCUT2D eigenvalue weighted by molar-refractivity contribution is 0.669. The quantitative estimate of drug-likeness (QED) is 0.151. The van der Waals surface area contributed by atoms with Crippen molar-refractivity contribution in [1.29, 1.82) is 0 Å². The van der Waals surface area contributed by atoms with Gasteiger partial charge in [0.2, 0.25) is 0 Å². The van der Waals surface area contributed by atoms with Crippen LogP contribution < -0.4 is 9.80 Å². The molecule has 0 saturated carbocycles. The third-order valence-electron chi connectivity index (χ3n) is 15.7. The third-order valence-corrected chi connectivity index (χ3v) is 15.7. The molecular weight excluding hydrogens is 897 g/mol. The Morgan fingerprint density at radius 1 is 0.284 bits per heavy atom. The molecule has 0 aliphatic heterocycles. The van der Waals surface area contributed by atoms with Crippen LogP contribution in [0.2, 0.25) is 0 Å². The Morgan fingerprint density at radius 3 is 1.46 bits per heavy atom. The molecule has 12 aromatic carbocycles. The van der Waals surface area contributed by atoms with E-state index in [9.17, 15) is 0 Å². The summed E-state index contributed by atoms with van der Waals surface area (Å²) >= 11 is 0. The second kappa shape index (κ2) is 16.7. The molecule has 1 heterocycles. The Hall–Kier alpha value is -9.70. The summed E-state index contributed by atoms with van der Waals surface area (Å²) in [6.45, 7) is 0. The highest BCUT2D eigenvalue weighted by Crippen LogP contribution is 2.64.